The van der Waals surface area contributed by atoms with Crippen LogP contribution >= 0.6 is 0 Å². The molecule has 0 bridgehead atoms. The highest BCUT2D eigenvalue weighted by Gasteiger charge is 2.49. The van der Waals surface area contributed by atoms with Crippen molar-refractivity contribution in [2.45, 2.75) is 33.4 Å². The molecule has 0 saturated carbocycles. The topological polar surface area (TPSA) is 134 Å². The molecule has 2 N–H and O–H groups in total. The van der Waals surface area contributed by atoms with Crippen LogP contribution in [0.3, 0.4) is 0 Å². The Morgan fingerprint density at radius 1 is 1.08 bits per heavy atom. The van der Waals surface area contributed by atoms with Crippen LogP contribution in [0.2, 0.25) is 0 Å². The van der Waals surface area contributed by atoms with Crippen molar-refractivity contribution in [1.82, 2.24) is 9.80 Å². The zero-order valence-corrected chi connectivity index (χ0v) is 22.1. The minimum atomic E-state index is -1.83. The van der Waals surface area contributed by atoms with Gasteiger partial charge in [-0.3, -0.25) is 23.3 Å². The molecule has 0 aliphatic carbocycles. The second-order valence-electron chi connectivity index (χ2n) is 9.31. The molecule has 3 rings (SSSR count). The van der Waals surface area contributed by atoms with Gasteiger partial charge in [0, 0.05) is 12.0 Å². The zero-order valence-electron chi connectivity index (χ0n) is 21.3. The van der Waals surface area contributed by atoms with Crippen molar-refractivity contribution >= 4 is 46.3 Å². The van der Waals surface area contributed by atoms with E-state index in [1.807, 2.05) is 30.3 Å². The van der Waals surface area contributed by atoms with Gasteiger partial charge < -0.3 is 15.0 Å². The summed E-state index contributed by atoms with van der Waals surface area (Å²) in [5.74, 6) is -1.90. The van der Waals surface area contributed by atoms with Gasteiger partial charge in [0.1, 0.15) is 12.3 Å². The first-order chi connectivity index (χ1) is 17.5. The number of anilines is 2. The summed E-state index contributed by atoms with van der Waals surface area (Å²) in [6.07, 6.45) is 0. The second kappa shape index (κ2) is 11.5. The van der Waals surface area contributed by atoms with Gasteiger partial charge in [-0.15, -0.1) is 0 Å². The number of carbonyl (C=O) groups is 4. The van der Waals surface area contributed by atoms with Crippen LogP contribution in [0.25, 0.3) is 0 Å². The van der Waals surface area contributed by atoms with E-state index in [4.69, 9.17) is 8.92 Å². The summed E-state index contributed by atoms with van der Waals surface area (Å²) in [7, 11) is 2.64. The molecule has 0 aromatic heterocycles. The number of Topliss-reactive ketones (excluding diaryl/α,β-unsaturated/α-hetero) is 1. The minimum absolute atomic E-state index is 0.137. The van der Waals surface area contributed by atoms with E-state index in [1.165, 1.54) is 31.3 Å². The molecular formula is C25H30N4O7S. The maximum absolute atomic E-state index is 13.5. The van der Waals surface area contributed by atoms with Crippen molar-refractivity contribution in [2.24, 2.45) is 5.41 Å². The normalized spacial score (nSPS) is 15.4. The van der Waals surface area contributed by atoms with Gasteiger partial charge in [0.15, 0.2) is 11.8 Å². The van der Waals surface area contributed by atoms with Crippen LogP contribution in [-0.4, -0.2) is 64.4 Å². The van der Waals surface area contributed by atoms with E-state index in [2.05, 4.69) is 10.0 Å². The van der Waals surface area contributed by atoms with Crippen LogP contribution in [0.1, 0.15) is 26.3 Å². The molecule has 1 aliphatic rings. The van der Waals surface area contributed by atoms with Crippen molar-refractivity contribution in [2.75, 3.05) is 30.8 Å². The summed E-state index contributed by atoms with van der Waals surface area (Å²) in [5.41, 5.74) is 0.226. The molecule has 1 saturated heterocycles. The summed E-state index contributed by atoms with van der Waals surface area (Å²) in [4.78, 5) is 55.3. The van der Waals surface area contributed by atoms with Crippen molar-refractivity contribution in [3.8, 4) is 5.75 Å². The van der Waals surface area contributed by atoms with Gasteiger partial charge >= 0.3 is 6.03 Å². The van der Waals surface area contributed by atoms with Crippen molar-refractivity contribution in [3.05, 3.63) is 54.1 Å². The third-order valence-corrected chi connectivity index (χ3v) is 6.30. The summed E-state index contributed by atoms with van der Waals surface area (Å²) in [6.45, 7) is 4.70. The van der Waals surface area contributed by atoms with Gasteiger partial charge in [-0.05, 0) is 23.8 Å². The standard InChI is InChI=1S/C25H30N4O7S/c1-25(2,3)22(31)21(29-20(30)15-28(24(29)33)14-16-9-7-6-8-10-16)23(32)26-18-13-17(27-37(34)36-5)11-12-19(18)35-4/h6-13,21,27H,14-15H2,1-5H3,(H,26,32). The van der Waals surface area contributed by atoms with Crippen molar-refractivity contribution in [1.29, 1.82) is 0 Å². The third-order valence-electron chi connectivity index (χ3n) is 5.59. The molecule has 2 aromatic rings. The van der Waals surface area contributed by atoms with Gasteiger partial charge in [-0.2, -0.15) is 0 Å². The maximum atomic E-state index is 13.5. The number of hydrogen-bond donors (Lipinski definition) is 2. The van der Waals surface area contributed by atoms with E-state index in [0.717, 1.165) is 10.5 Å². The largest absolute Gasteiger partial charge is 0.495 e. The zero-order chi connectivity index (χ0) is 27.3. The highest BCUT2D eigenvalue weighted by molar-refractivity contribution is 7.81. The Kier molecular flexibility index (Phi) is 8.66. The number of nitrogens with zero attached hydrogens (tertiary/aromatic N) is 2. The fourth-order valence-electron chi connectivity index (χ4n) is 3.72. The maximum Gasteiger partial charge on any atom is 0.328 e. The number of hydrogen-bond acceptors (Lipinski definition) is 7. The Morgan fingerprint density at radius 2 is 1.76 bits per heavy atom. The smallest absolute Gasteiger partial charge is 0.328 e. The number of imide groups is 1. The Labute approximate surface area is 217 Å². The molecule has 12 heteroatoms. The number of benzene rings is 2. The molecule has 1 aliphatic heterocycles. The van der Waals surface area contributed by atoms with Crippen molar-refractivity contribution < 1.29 is 32.3 Å². The van der Waals surface area contributed by atoms with Crippen LogP contribution in [0.5, 0.6) is 5.75 Å². The predicted molar refractivity (Wildman–Crippen MR) is 138 cm³/mol. The molecule has 198 valence electrons. The molecule has 1 fully saturated rings. The second-order valence-corrected chi connectivity index (χ2v) is 10.3. The molecule has 0 spiro atoms. The number of amides is 4. The lowest BCUT2D eigenvalue weighted by atomic mass is 9.85. The number of carbonyl (C=O) groups excluding carboxylic acids is 4. The highest BCUT2D eigenvalue weighted by atomic mass is 32.2. The fraction of sp³-hybridized carbons (Fsp3) is 0.360. The van der Waals surface area contributed by atoms with Gasteiger partial charge in [-0.25, -0.2) is 13.9 Å². The van der Waals surface area contributed by atoms with Crippen LogP contribution < -0.4 is 14.8 Å². The van der Waals surface area contributed by atoms with Crippen LogP contribution in [0.4, 0.5) is 16.2 Å². The van der Waals surface area contributed by atoms with Crippen LogP contribution in [-0.2, 0) is 36.4 Å². The number of rotatable bonds is 10. The van der Waals surface area contributed by atoms with E-state index < -0.39 is 46.4 Å². The van der Waals surface area contributed by atoms with Gasteiger partial charge in [-0.1, -0.05) is 51.1 Å². The average Bonchev–Trinajstić information content (AvgIpc) is 3.12. The first-order valence-electron chi connectivity index (χ1n) is 11.4. The first kappa shape index (κ1) is 27.8. The van der Waals surface area contributed by atoms with E-state index >= 15 is 0 Å². The minimum Gasteiger partial charge on any atom is -0.495 e. The molecule has 2 atom stereocenters. The van der Waals surface area contributed by atoms with Crippen LogP contribution in [0, 0.1) is 5.41 Å². The van der Waals surface area contributed by atoms with E-state index in [9.17, 15) is 23.4 Å². The van der Waals surface area contributed by atoms with Gasteiger partial charge in [0.25, 0.3) is 23.1 Å². The Bertz CT molecular complexity index is 1210. The molecule has 37 heavy (non-hydrogen) atoms. The Balaban J connectivity index is 1.93. The molecule has 4 amide bonds. The third kappa shape index (κ3) is 6.52. The van der Waals surface area contributed by atoms with Crippen LogP contribution in [0.15, 0.2) is 48.5 Å². The Hall–Kier alpha value is -3.77. The summed E-state index contributed by atoms with van der Waals surface area (Å²) >= 11 is -1.83. The number of ether oxygens (including phenoxy) is 1. The summed E-state index contributed by atoms with van der Waals surface area (Å²) < 4.78 is 24.3. The Morgan fingerprint density at radius 3 is 2.35 bits per heavy atom. The number of methoxy groups -OCH3 is 1. The highest BCUT2D eigenvalue weighted by Crippen LogP contribution is 2.30. The van der Waals surface area contributed by atoms with Crippen molar-refractivity contribution in [3.63, 3.8) is 0 Å². The summed E-state index contributed by atoms with van der Waals surface area (Å²) in [5, 5.41) is 2.60. The van der Waals surface area contributed by atoms with Gasteiger partial charge in [0.05, 0.1) is 25.6 Å². The van der Waals surface area contributed by atoms with E-state index in [-0.39, 0.29) is 24.5 Å². The SMILES string of the molecule is COc1ccc(NS(=O)OC)cc1NC(=O)C(C(=O)C(C)(C)C)N1C(=O)CN(Cc2ccccc2)C1=O. The van der Waals surface area contributed by atoms with Gasteiger partial charge in [0.2, 0.25) is 0 Å². The average molecular weight is 531 g/mol. The lowest BCUT2D eigenvalue weighted by molar-refractivity contribution is -0.143. The molecule has 1 heterocycles. The number of urea groups is 1. The monoisotopic (exact) mass is 530 g/mol. The quantitative estimate of drug-likeness (QED) is 0.356. The fourth-order valence-corrected chi connectivity index (χ4v) is 4.12. The van der Waals surface area contributed by atoms with E-state index in [0.29, 0.717) is 5.69 Å². The summed E-state index contributed by atoms with van der Waals surface area (Å²) in [6, 6.07) is 11.1. The number of nitrogens with one attached hydrogen (secondary N) is 2. The predicted octanol–water partition coefficient (Wildman–Crippen LogP) is 2.72. The molecule has 0 radical (unpaired) electrons. The molecular weight excluding hydrogens is 500 g/mol. The molecule has 11 nitrogen and oxygen atoms in total. The first-order valence-corrected chi connectivity index (χ1v) is 12.4. The lowest BCUT2D eigenvalue weighted by Crippen LogP contribution is -2.55. The molecule has 2 unspecified atom stereocenters. The lowest BCUT2D eigenvalue weighted by Gasteiger charge is -2.29. The number of ketones is 1. The molecule has 2 aromatic carbocycles. The van der Waals surface area contributed by atoms with E-state index in [1.54, 1.807) is 26.8 Å².